The van der Waals surface area contributed by atoms with Gasteiger partial charge in [0.15, 0.2) is 0 Å². The molecule has 3 aromatic rings. The zero-order chi connectivity index (χ0) is 16.1. The lowest BCUT2D eigenvalue weighted by Gasteiger charge is -2.12. The fourth-order valence-corrected chi connectivity index (χ4v) is 2.82. The summed E-state index contributed by atoms with van der Waals surface area (Å²) in [5.41, 5.74) is 0.713. The van der Waals surface area contributed by atoms with Crippen molar-refractivity contribution >= 4 is 27.5 Å². The highest BCUT2D eigenvalue weighted by Gasteiger charge is 2.37. The van der Waals surface area contributed by atoms with E-state index in [0.29, 0.717) is 11.3 Å². The number of nitrogens with zero attached hydrogens (tertiary/aromatic N) is 1. The third kappa shape index (κ3) is 2.01. The first-order valence-corrected chi connectivity index (χ1v) is 7.44. The number of carbonyl (C=O) groups is 2. The topological polar surface area (TPSA) is 93.0 Å². The summed E-state index contributed by atoms with van der Waals surface area (Å²) in [6.07, 6.45) is 0. The molecule has 0 bridgehead atoms. The lowest BCUT2D eigenvalue weighted by Crippen LogP contribution is -2.24. The lowest BCUT2D eigenvalue weighted by molar-refractivity contribution is 0.0950. The van der Waals surface area contributed by atoms with E-state index in [1.165, 1.54) is 12.1 Å². The van der Waals surface area contributed by atoms with E-state index in [9.17, 15) is 14.4 Å². The van der Waals surface area contributed by atoms with E-state index in [4.69, 9.17) is 4.52 Å². The van der Waals surface area contributed by atoms with Gasteiger partial charge >= 0.3 is 0 Å². The Morgan fingerprint density at radius 2 is 1.70 bits per heavy atom. The fraction of sp³-hybridized carbons (Fsp3) is 0. The number of carbonyl (C=O) groups excluding carboxylic acids is 2. The van der Waals surface area contributed by atoms with Crippen molar-refractivity contribution in [2.24, 2.45) is 0 Å². The van der Waals surface area contributed by atoms with Gasteiger partial charge in [-0.1, -0.05) is 33.2 Å². The number of rotatable bonds is 1. The molecule has 1 aliphatic rings. The molecule has 2 heterocycles. The van der Waals surface area contributed by atoms with E-state index in [1.54, 1.807) is 24.3 Å². The molecule has 6 nitrogen and oxygen atoms in total. The van der Waals surface area contributed by atoms with Gasteiger partial charge in [0.25, 0.3) is 0 Å². The number of nitrogens with one attached hydrogen (secondary N) is 1. The number of aromatic nitrogens is 2. The van der Waals surface area contributed by atoms with Gasteiger partial charge < -0.3 is 9.51 Å². The molecule has 0 spiro atoms. The molecule has 0 radical (unpaired) electrons. The number of ketones is 2. The molecule has 112 valence electrons. The standard InChI is InChI=1S/C16H7BrN2O4/c17-8-3-1-7(2-4-8)12-11-14(21)9-5-6-10(20)18-13(9)15(22)16(11)23-19-12/h1-6H,(H,18,20). The molecule has 2 aromatic heterocycles. The maximum atomic E-state index is 12.7. The van der Waals surface area contributed by atoms with E-state index >= 15 is 0 Å². The van der Waals surface area contributed by atoms with Crippen LogP contribution in [-0.4, -0.2) is 21.7 Å². The van der Waals surface area contributed by atoms with E-state index < -0.39 is 17.1 Å². The molecular weight excluding hydrogens is 364 g/mol. The monoisotopic (exact) mass is 370 g/mol. The van der Waals surface area contributed by atoms with Crippen LogP contribution in [0.2, 0.25) is 0 Å². The first kappa shape index (κ1) is 13.8. The molecule has 0 saturated heterocycles. The Morgan fingerprint density at radius 3 is 2.43 bits per heavy atom. The van der Waals surface area contributed by atoms with Crippen LogP contribution in [0.3, 0.4) is 0 Å². The first-order chi connectivity index (χ1) is 11.1. The highest BCUT2D eigenvalue weighted by Crippen LogP contribution is 2.33. The Morgan fingerprint density at radius 1 is 0.957 bits per heavy atom. The Hall–Kier alpha value is -2.80. The Bertz CT molecular complexity index is 1030. The second-order valence-corrected chi connectivity index (χ2v) is 5.93. The summed E-state index contributed by atoms with van der Waals surface area (Å²) in [6, 6.07) is 9.69. The molecule has 7 heteroatoms. The Balaban J connectivity index is 1.95. The van der Waals surface area contributed by atoms with Crippen LogP contribution in [0.5, 0.6) is 0 Å². The van der Waals surface area contributed by atoms with Crippen molar-refractivity contribution in [2.75, 3.05) is 0 Å². The van der Waals surface area contributed by atoms with Crippen molar-refractivity contribution in [1.29, 1.82) is 0 Å². The van der Waals surface area contributed by atoms with E-state index in [1.807, 2.05) is 0 Å². The van der Waals surface area contributed by atoms with E-state index in [-0.39, 0.29) is 22.6 Å². The second-order valence-electron chi connectivity index (χ2n) is 5.01. The van der Waals surface area contributed by atoms with Gasteiger partial charge in [-0.3, -0.25) is 14.4 Å². The largest absolute Gasteiger partial charge is 0.351 e. The summed E-state index contributed by atoms with van der Waals surface area (Å²) in [4.78, 5) is 38.9. The van der Waals surface area contributed by atoms with Crippen molar-refractivity contribution in [3.63, 3.8) is 0 Å². The van der Waals surface area contributed by atoms with Gasteiger partial charge in [-0.25, -0.2) is 0 Å². The van der Waals surface area contributed by atoms with Crippen LogP contribution >= 0.6 is 15.9 Å². The molecule has 1 aromatic carbocycles. The third-order valence-electron chi connectivity index (χ3n) is 3.63. The summed E-state index contributed by atoms with van der Waals surface area (Å²) >= 11 is 3.33. The van der Waals surface area contributed by atoms with Crippen LogP contribution in [0.1, 0.15) is 32.2 Å². The van der Waals surface area contributed by atoms with Crippen LogP contribution in [0.15, 0.2) is 50.2 Å². The predicted octanol–water partition coefficient (Wildman–Crippen LogP) is 2.57. The minimum Gasteiger partial charge on any atom is -0.351 e. The molecule has 4 rings (SSSR count). The SMILES string of the molecule is O=C1c2[nH]c(=O)ccc2C(=O)c2c(-c3ccc(Br)cc3)noc21. The minimum atomic E-state index is -0.553. The maximum Gasteiger partial charge on any atom is 0.248 e. The zero-order valence-electron chi connectivity index (χ0n) is 11.4. The molecule has 0 aliphatic heterocycles. The summed E-state index contributed by atoms with van der Waals surface area (Å²) in [6.45, 7) is 0. The van der Waals surface area contributed by atoms with Crippen molar-refractivity contribution in [1.82, 2.24) is 10.1 Å². The average Bonchev–Trinajstić information content (AvgIpc) is 2.98. The van der Waals surface area contributed by atoms with E-state index in [2.05, 4.69) is 26.1 Å². The summed E-state index contributed by atoms with van der Waals surface area (Å²) in [7, 11) is 0. The predicted molar refractivity (Wildman–Crippen MR) is 83.6 cm³/mol. The quantitative estimate of drug-likeness (QED) is 0.555. The van der Waals surface area contributed by atoms with Gasteiger partial charge in [0.2, 0.25) is 22.9 Å². The number of hydrogen-bond acceptors (Lipinski definition) is 5. The molecule has 1 N–H and O–H groups in total. The number of hydrogen-bond donors (Lipinski definition) is 1. The van der Waals surface area contributed by atoms with E-state index in [0.717, 1.165) is 4.47 Å². The summed E-state index contributed by atoms with van der Waals surface area (Å²) in [5, 5.41) is 3.88. The van der Waals surface area contributed by atoms with Gasteiger partial charge in [-0.05, 0) is 18.2 Å². The number of aromatic amines is 1. The molecule has 0 amide bonds. The lowest BCUT2D eigenvalue weighted by atomic mass is 9.89. The average molecular weight is 371 g/mol. The second kappa shape index (κ2) is 4.85. The summed E-state index contributed by atoms with van der Waals surface area (Å²) < 4.78 is 5.98. The van der Waals surface area contributed by atoms with Crippen LogP contribution in [0.4, 0.5) is 0 Å². The number of fused-ring (bicyclic) bond motifs is 2. The van der Waals surface area contributed by atoms with Crippen LogP contribution < -0.4 is 5.56 Å². The highest BCUT2D eigenvalue weighted by atomic mass is 79.9. The van der Waals surface area contributed by atoms with Crippen LogP contribution in [-0.2, 0) is 0 Å². The van der Waals surface area contributed by atoms with Gasteiger partial charge in [0.1, 0.15) is 17.0 Å². The number of H-pyrrole nitrogens is 1. The van der Waals surface area contributed by atoms with Crippen molar-refractivity contribution in [3.8, 4) is 11.3 Å². The van der Waals surface area contributed by atoms with Gasteiger partial charge in [-0.15, -0.1) is 0 Å². The Labute approximate surface area is 137 Å². The normalized spacial score (nSPS) is 12.9. The van der Waals surface area contributed by atoms with Crippen molar-refractivity contribution < 1.29 is 14.1 Å². The Kier molecular flexibility index (Phi) is 2.92. The highest BCUT2D eigenvalue weighted by molar-refractivity contribution is 9.10. The number of benzene rings is 1. The molecular formula is C16H7BrN2O4. The van der Waals surface area contributed by atoms with Gasteiger partial charge in [-0.2, -0.15) is 0 Å². The van der Waals surface area contributed by atoms with Gasteiger partial charge in [0, 0.05) is 16.1 Å². The fourth-order valence-electron chi connectivity index (χ4n) is 2.55. The molecule has 23 heavy (non-hydrogen) atoms. The molecule has 0 saturated carbocycles. The van der Waals surface area contributed by atoms with Crippen molar-refractivity contribution in [2.45, 2.75) is 0 Å². The molecule has 0 unspecified atom stereocenters. The number of halogens is 1. The molecule has 1 aliphatic carbocycles. The molecule has 0 atom stereocenters. The first-order valence-electron chi connectivity index (χ1n) is 6.64. The van der Waals surface area contributed by atoms with Crippen LogP contribution in [0.25, 0.3) is 11.3 Å². The zero-order valence-corrected chi connectivity index (χ0v) is 13.0. The smallest absolute Gasteiger partial charge is 0.248 e. The minimum absolute atomic E-state index is 0.0616. The van der Waals surface area contributed by atoms with Gasteiger partial charge in [0.05, 0.1) is 5.56 Å². The molecule has 0 fully saturated rings. The third-order valence-corrected chi connectivity index (χ3v) is 4.16. The summed E-state index contributed by atoms with van der Waals surface area (Å²) in [5.74, 6) is -1.10. The van der Waals surface area contributed by atoms with Crippen molar-refractivity contribution in [3.05, 3.63) is 73.8 Å². The number of pyridine rings is 1. The van der Waals surface area contributed by atoms with Crippen LogP contribution in [0, 0.1) is 0 Å². The maximum absolute atomic E-state index is 12.7.